The molecular weight excluding hydrogens is 596 g/mol. The summed E-state index contributed by atoms with van der Waals surface area (Å²) >= 11 is 3.61. The topological polar surface area (TPSA) is 82.9 Å². The summed E-state index contributed by atoms with van der Waals surface area (Å²) < 4.78 is 9.29. The van der Waals surface area contributed by atoms with Gasteiger partial charge in [-0.1, -0.05) is 22.0 Å². The van der Waals surface area contributed by atoms with Crippen LogP contribution in [0.15, 0.2) is 40.9 Å². The third kappa shape index (κ3) is 6.29. The summed E-state index contributed by atoms with van der Waals surface area (Å²) in [7, 11) is 1.91. The van der Waals surface area contributed by atoms with Crippen molar-refractivity contribution >= 4 is 50.3 Å². The summed E-state index contributed by atoms with van der Waals surface area (Å²) in [5.41, 5.74) is 3.36. The Hall–Kier alpha value is -3.11. The lowest BCUT2D eigenvalue weighted by Crippen LogP contribution is -2.49. The van der Waals surface area contributed by atoms with E-state index in [-0.39, 0.29) is 12.3 Å². The van der Waals surface area contributed by atoms with Gasteiger partial charge in [-0.05, 0) is 88.2 Å². The number of aromatic nitrogens is 2. The Morgan fingerprint density at radius 3 is 2.57 bits per heavy atom. The van der Waals surface area contributed by atoms with E-state index in [1.165, 1.54) is 43.5 Å². The summed E-state index contributed by atoms with van der Waals surface area (Å²) in [6.45, 7) is 7.79. The number of hydrogen-bond donors (Lipinski definition) is 1. The maximum Gasteiger partial charge on any atom is 0.329 e. The lowest BCUT2D eigenvalue weighted by Gasteiger charge is -2.36. The molecule has 10 heteroatoms. The van der Waals surface area contributed by atoms with Crippen LogP contribution in [0, 0.1) is 12.8 Å². The maximum absolute atomic E-state index is 12.4. The van der Waals surface area contributed by atoms with Gasteiger partial charge in [0.15, 0.2) is 5.82 Å². The Morgan fingerprint density at radius 2 is 1.81 bits per heavy atom. The van der Waals surface area contributed by atoms with Crippen LogP contribution < -0.4 is 19.9 Å². The second-order valence-corrected chi connectivity index (χ2v) is 12.9. The van der Waals surface area contributed by atoms with Gasteiger partial charge in [-0.25, -0.2) is 4.79 Å². The van der Waals surface area contributed by atoms with Crippen LogP contribution in [0.1, 0.15) is 50.5 Å². The van der Waals surface area contributed by atoms with E-state index >= 15 is 0 Å². The van der Waals surface area contributed by atoms with Crippen LogP contribution in [-0.4, -0.2) is 72.0 Å². The number of rotatable bonds is 8. The van der Waals surface area contributed by atoms with Crippen molar-refractivity contribution in [2.24, 2.45) is 13.0 Å². The van der Waals surface area contributed by atoms with Crippen LogP contribution in [0.25, 0.3) is 10.9 Å². The number of nitrogens with one attached hydrogen (secondary N) is 1. The number of aryl methyl sites for hydroxylation is 1. The van der Waals surface area contributed by atoms with Crippen molar-refractivity contribution in [3.63, 3.8) is 0 Å². The first-order valence-electron chi connectivity index (χ1n) is 15.3. The minimum absolute atomic E-state index is 0.238. The second kappa shape index (κ2) is 12.6. The quantitative estimate of drug-likeness (QED) is 0.345. The number of benzene rings is 2. The van der Waals surface area contributed by atoms with Crippen molar-refractivity contribution in [1.29, 1.82) is 0 Å². The average molecular weight is 638 g/mol. The zero-order valence-electron chi connectivity index (χ0n) is 24.6. The number of hydrogen-bond acceptors (Lipinski definition) is 6. The van der Waals surface area contributed by atoms with E-state index in [0.717, 1.165) is 66.1 Å². The Kier molecular flexibility index (Phi) is 8.72. The molecule has 42 heavy (non-hydrogen) atoms. The van der Waals surface area contributed by atoms with E-state index in [9.17, 15) is 9.59 Å². The monoisotopic (exact) mass is 636 g/mol. The normalized spacial score (nSPS) is 22.1. The molecule has 6 rings (SSSR count). The predicted molar refractivity (Wildman–Crippen MR) is 169 cm³/mol. The molecule has 0 bridgehead atoms. The molecule has 0 unspecified atom stereocenters. The lowest BCUT2D eigenvalue weighted by molar-refractivity contribution is -0.120. The number of fused-ring (bicyclic) bond motifs is 1. The summed E-state index contributed by atoms with van der Waals surface area (Å²) in [5.74, 6) is 2.21. The van der Waals surface area contributed by atoms with E-state index in [4.69, 9.17) is 4.74 Å². The minimum atomic E-state index is -0.403. The van der Waals surface area contributed by atoms with Gasteiger partial charge in [0.05, 0.1) is 11.6 Å². The van der Waals surface area contributed by atoms with Crippen molar-refractivity contribution in [2.75, 3.05) is 49.1 Å². The summed E-state index contributed by atoms with van der Waals surface area (Å²) in [6, 6.07) is 12.2. The Labute approximate surface area is 256 Å². The zero-order valence-corrected chi connectivity index (χ0v) is 26.2. The van der Waals surface area contributed by atoms with Gasteiger partial charge in [-0.15, -0.1) is 0 Å². The van der Waals surface area contributed by atoms with Gasteiger partial charge in [-0.2, -0.15) is 5.10 Å². The molecule has 1 aromatic heterocycles. The van der Waals surface area contributed by atoms with E-state index in [1.807, 2.05) is 11.7 Å². The van der Waals surface area contributed by atoms with Crippen LogP contribution >= 0.6 is 15.9 Å². The van der Waals surface area contributed by atoms with Crippen molar-refractivity contribution in [1.82, 2.24) is 20.0 Å². The number of imide groups is 1. The molecule has 3 heterocycles. The van der Waals surface area contributed by atoms with Gasteiger partial charge >= 0.3 is 6.03 Å². The molecule has 2 saturated heterocycles. The molecule has 2 aliphatic heterocycles. The first kappa shape index (κ1) is 29.0. The smallest absolute Gasteiger partial charge is 0.329 e. The minimum Gasteiger partial charge on any atom is -0.490 e. The van der Waals surface area contributed by atoms with Crippen LogP contribution in [0.2, 0.25) is 0 Å². The molecule has 0 radical (unpaired) electrons. The van der Waals surface area contributed by atoms with Gasteiger partial charge < -0.3 is 9.64 Å². The largest absolute Gasteiger partial charge is 0.490 e. The first-order chi connectivity index (χ1) is 20.4. The van der Waals surface area contributed by atoms with Gasteiger partial charge in [0, 0.05) is 67.3 Å². The first-order valence-corrected chi connectivity index (χ1v) is 16.1. The number of nitrogens with zero attached hydrogens (tertiary/aromatic N) is 5. The van der Waals surface area contributed by atoms with Crippen LogP contribution in [0.4, 0.5) is 16.3 Å². The van der Waals surface area contributed by atoms with Crippen LogP contribution in [-0.2, 0) is 11.8 Å². The fourth-order valence-corrected chi connectivity index (χ4v) is 7.00. The maximum atomic E-state index is 12.4. The third-order valence-electron chi connectivity index (χ3n) is 9.25. The highest BCUT2D eigenvalue weighted by atomic mass is 79.9. The van der Waals surface area contributed by atoms with Gasteiger partial charge in [0.1, 0.15) is 5.75 Å². The molecule has 3 aliphatic rings. The molecule has 0 spiro atoms. The standard InChI is InChI=1S/C32H41BrN6O3/c1-22-27(33)6-3-7-29(22)42-25-11-8-23(9-12-25)5-4-15-37-17-19-38(20-18-37)24-10-13-26-28(21-24)36(2)35-31(26)39-16-14-30(40)34-32(39)41/h3,6-7,10,13,21,23,25H,4-5,8-9,11-12,14-20H2,1-2H3,(H,34,40,41)/t23-,25-. The van der Waals surface area contributed by atoms with Crippen molar-refractivity contribution in [3.05, 3.63) is 46.4 Å². The van der Waals surface area contributed by atoms with Gasteiger partial charge in [0.2, 0.25) is 5.91 Å². The van der Waals surface area contributed by atoms with E-state index < -0.39 is 6.03 Å². The van der Waals surface area contributed by atoms with Gasteiger partial charge in [0.25, 0.3) is 0 Å². The number of carbonyl (C=O) groups is 2. The fraction of sp³-hybridized carbons (Fsp3) is 0.531. The summed E-state index contributed by atoms with van der Waals surface area (Å²) in [6.07, 6.45) is 8.05. The molecule has 0 atom stereocenters. The summed E-state index contributed by atoms with van der Waals surface area (Å²) in [5, 5.41) is 7.94. The highest BCUT2D eigenvalue weighted by Gasteiger charge is 2.28. The molecule has 2 aromatic carbocycles. The number of halogens is 1. The molecule has 3 amide bonds. The number of amides is 3. The van der Waals surface area contributed by atoms with Crippen molar-refractivity contribution < 1.29 is 14.3 Å². The van der Waals surface area contributed by atoms with Crippen LogP contribution in [0.3, 0.4) is 0 Å². The number of carbonyl (C=O) groups excluding carboxylic acids is 2. The Morgan fingerprint density at radius 1 is 1.02 bits per heavy atom. The highest BCUT2D eigenvalue weighted by Crippen LogP contribution is 2.34. The molecular formula is C32H41BrN6O3. The zero-order chi connectivity index (χ0) is 29.2. The molecule has 1 aliphatic carbocycles. The molecule has 9 nitrogen and oxygen atoms in total. The fourth-order valence-electron chi connectivity index (χ4n) is 6.66. The Balaban J connectivity index is 0.947. The predicted octanol–water partition coefficient (Wildman–Crippen LogP) is 5.63. The molecule has 3 fully saturated rings. The second-order valence-electron chi connectivity index (χ2n) is 12.0. The number of ether oxygens (including phenoxy) is 1. The van der Waals surface area contributed by atoms with E-state index in [2.05, 4.69) is 79.5 Å². The number of piperazine rings is 1. The van der Waals surface area contributed by atoms with E-state index in [1.54, 1.807) is 4.90 Å². The highest BCUT2D eigenvalue weighted by molar-refractivity contribution is 9.10. The lowest BCUT2D eigenvalue weighted by atomic mass is 9.84. The van der Waals surface area contributed by atoms with Crippen molar-refractivity contribution in [2.45, 2.75) is 58.0 Å². The molecule has 1 saturated carbocycles. The van der Waals surface area contributed by atoms with Crippen molar-refractivity contribution in [3.8, 4) is 5.75 Å². The SMILES string of the molecule is Cc1c(Br)cccc1O[C@H]1CC[C@H](CCCN2CCN(c3ccc4c(N5CCC(=O)NC5=O)nn(C)c4c3)CC2)CC1. The summed E-state index contributed by atoms with van der Waals surface area (Å²) in [4.78, 5) is 30.6. The Bertz CT molecular complexity index is 1440. The average Bonchev–Trinajstić information content (AvgIpc) is 3.32. The van der Waals surface area contributed by atoms with Gasteiger partial charge in [-0.3, -0.25) is 24.6 Å². The molecule has 224 valence electrons. The third-order valence-corrected chi connectivity index (χ3v) is 10.1. The number of urea groups is 1. The van der Waals surface area contributed by atoms with E-state index in [0.29, 0.717) is 18.5 Å². The van der Waals surface area contributed by atoms with Crippen LogP contribution in [0.5, 0.6) is 5.75 Å². The molecule has 3 aromatic rings. The number of anilines is 2. The molecule has 1 N–H and O–H groups in total.